The van der Waals surface area contributed by atoms with E-state index in [1.54, 1.807) is 18.0 Å². The minimum Gasteiger partial charge on any atom is -0.383 e. The quantitative estimate of drug-likeness (QED) is 0.883. The Morgan fingerprint density at radius 3 is 2.94 bits per heavy atom. The number of aromatic nitrogens is 2. The molecule has 1 N–H and O–H groups in total. The molecule has 0 atom stereocenters. The van der Waals surface area contributed by atoms with Gasteiger partial charge in [-0.25, -0.2) is 0 Å². The first-order valence-corrected chi connectivity index (χ1v) is 6.06. The Kier molecular flexibility index (Phi) is 4.04. The van der Waals surface area contributed by atoms with E-state index in [2.05, 4.69) is 5.10 Å². The molecular formula is C11H17ClN2O3. The number of aliphatic hydroxyl groups is 1. The molecule has 0 radical (unpaired) electrons. The molecule has 96 valence electrons. The summed E-state index contributed by atoms with van der Waals surface area (Å²) in [6.07, 6.45) is 2.66. The van der Waals surface area contributed by atoms with E-state index in [9.17, 15) is 5.11 Å². The van der Waals surface area contributed by atoms with E-state index in [1.165, 1.54) is 0 Å². The lowest BCUT2D eigenvalue weighted by Gasteiger charge is -2.32. The molecule has 2 heterocycles. The van der Waals surface area contributed by atoms with Crippen molar-refractivity contribution in [2.45, 2.75) is 25.0 Å². The number of halogens is 1. The molecule has 1 saturated heterocycles. The minimum absolute atomic E-state index is 0.505. The van der Waals surface area contributed by atoms with Gasteiger partial charge >= 0.3 is 0 Å². The van der Waals surface area contributed by atoms with Gasteiger partial charge in [0.1, 0.15) is 5.60 Å². The Bertz CT molecular complexity index is 375. The first-order valence-electron chi connectivity index (χ1n) is 5.68. The highest BCUT2D eigenvalue weighted by Crippen LogP contribution is 2.35. The summed E-state index contributed by atoms with van der Waals surface area (Å²) in [5.74, 6) is 0. The Hall–Kier alpha value is -0.620. The summed E-state index contributed by atoms with van der Waals surface area (Å²) >= 11 is 6.12. The third-order valence-electron chi connectivity index (χ3n) is 3.06. The van der Waals surface area contributed by atoms with Gasteiger partial charge in [-0.1, -0.05) is 11.6 Å². The molecule has 17 heavy (non-hydrogen) atoms. The van der Waals surface area contributed by atoms with Gasteiger partial charge in [0, 0.05) is 33.2 Å². The molecule has 0 amide bonds. The van der Waals surface area contributed by atoms with E-state index in [-0.39, 0.29) is 0 Å². The molecular weight excluding hydrogens is 244 g/mol. The molecule has 0 saturated carbocycles. The van der Waals surface area contributed by atoms with Crippen molar-refractivity contribution in [3.63, 3.8) is 0 Å². The van der Waals surface area contributed by atoms with Crippen molar-refractivity contribution in [3.05, 3.63) is 16.9 Å². The van der Waals surface area contributed by atoms with Crippen LogP contribution in [-0.4, -0.2) is 41.8 Å². The van der Waals surface area contributed by atoms with Crippen molar-refractivity contribution in [2.75, 3.05) is 26.9 Å². The lowest BCUT2D eigenvalue weighted by atomic mass is 9.90. The van der Waals surface area contributed by atoms with Crippen molar-refractivity contribution in [1.29, 1.82) is 0 Å². The molecule has 2 rings (SSSR count). The van der Waals surface area contributed by atoms with Gasteiger partial charge < -0.3 is 14.6 Å². The highest BCUT2D eigenvalue weighted by molar-refractivity contribution is 6.31. The topological polar surface area (TPSA) is 56.5 Å². The van der Waals surface area contributed by atoms with Gasteiger partial charge in [0.05, 0.1) is 30.1 Å². The second kappa shape index (κ2) is 5.35. The van der Waals surface area contributed by atoms with Crippen LogP contribution < -0.4 is 0 Å². The summed E-state index contributed by atoms with van der Waals surface area (Å²) in [5, 5.41) is 15.3. The normalized spacial score (nSPS) is 19.5. The van der Waals surface area contributed by atoms with E-state index in [0.29, 0.717) is 49.9 Å². The van der Waals surface area contributed by atoms with E-state index < -0.39 is 5.60 Å². The average molecular weight is 261 g/mol. The number of nitrogens with zero attached hydrogens (tertiary/aromatic N) is 2. The van der Waals surface area contributed by atoms with Crippen LogP contribution in [0.25, 0.3) is 0 Å². The van der Waals surface area contributed by atoms with Crippen molar-refractivity contribution in [2.24, 2.45) is 0 Å². The molecule has 1 aliphatic heterocycles. The van der Waals surface area contributed by atoms with Crippen LogP contribution in [0.3, 0.4) is 0 Å². The largest absolute Gasteiger partial charge is 0.383 e. The van der Waals surface area contributed by atoms with Gasteiger partial charge in [-0.2, -0.15) is 5.10 Å². The minimum atomic E-state index is -0.931. The summed E-state index contributed by atoms with van der Waals surface area (Å²) in [7, 11) is 1.63. The lowest BCUT2D eigenvalue weighted by molar-refractivity contribution is -0.0732. The molecule has 1 fully saturated rings. The molecule has 0 spiro atoms. The highest BCUT2D eigenvalue weighted by atomic mass is 35.5. The van der Waals surface area contributed by atoms with Gasteiger partial charge in [0.25, 0.3) is 0 Å². The monoisotopic (exact) mass is 260 g/mol. The first-order chi connectivity index (χ1) is 8.17. The smallest absolute Gasteiger partial charge is 0.112 e. The predicted molar refractivity (Wildman–Crippen MR) is 63.1 cm³/mol. The number of hydrogen-bond donors (Lipinski definition) is 1. The molecule has 1 aromatic heterocycles. The van der Waals surface area contributed by atoms with Crippen LogP contribution in [0, 0.1) is 0 Å². The standard InChI is InChI=1S/C11H17ClN2O3/c1-16-7-4-14-10(9(12)8-13-14)11(15)2-5-17-6-3-11/h8,15H,2-7H2,1H3. The maximum Gasteiger partial charge on any atom is 0.112 e. The fraction of sp³-hybridized carbons (Fsp3) is 0.727. The Labute approximate surface area is 105 Å². The summed E-state index contributed by atoms with van der Waals surface area (Å²) in [4.78, 5) is 0. The van der Waals surface area contributed by atoms with Crippen molar-refractivity contribution < 1.29 is 14.6 Å². The van der Waals surface area contributed by atoms with Gasteiger partial charge in [0.2, 0.25) is 0 Å². The lowest BCUT2D eigenvalue weighted by Crippen LogP contribution is -2.36. The summed E-state index contributed by atoms with van der Waals surface area (Å²) in [6.45, 7) is 2.21. The predicted octanol–water partition coefficient (Wildman–Crippen LogP) is 1.18. The fourth-order valence-electron chi connectivity index (χ4n) is 2.12. The van der Waals surface area contributed by atoms with Crippen LogP contribution in [0.1, 0.15) is 18.5 Å². The fourth-order valence-corrected chi connectivity index (χ4v) is 2.44. The van der Waals surface area contributed by atoms with Crippen LogP contribution >= 0.6 is 11.6 Å². The van der Waals surface area contributed by atoms with Gasteiger partial charge in [-0.3, -0.25) is 4.68 Å². The molecule has 1 aromatic rings. The maximum atomic E-state index is 10.6. The zero-order valence-corrected chi connectivity index (χ0v) is 10.6. The van der Waals surface area contributed by atoms with E-state index in [0.717, 1.165) is 0 Å². The molecule has 0 unspecified atom stereocenters. The second-order valence-electron chi connectivity index (χ2n) is 4.20. The Morgan fingerprint density at radius 2 is 2.29 bits per heavy atom. The zero-order chi connectivity index (χ0) is 12.3. The number of hydrogen-bond acceptors (Lipinski definition) is 4. The van der Waals surface area contributed by atoms with Crippen LogP contribution in [0.5, 0.6) is 0 Å². The van der Waals surface area contributed by atoms with E-state index >= 15 is 0 Å². The molecule has 0 bridgehead atoms. The second-order valence-corrected chi connectivity index (χ2v) is 4.61. The highest BCUT2D eigenvalue weighted by Gasteiger charge is 2.37. The Morgan fingerprint density at radius 1 is 1.59 bits per heavy atom. The first kappa shape index (κ1) is 12.8. The van der Waals surface area contributed by atoms with Gasteiger partial charge in [0.15, 0.2) is 0 Å². The van der Waals surface area contributed by atoms with E-state index in [4.69, 9.17) is 21.1 Å². The van der Waals surface area contributed by atoms with Crippen molar-refractivity contribution in [3.8, 4) is 0 Å². The van der Waals surface area contributed by atoms with Gasteiger partial charge in [-0.05, 0) is 0 Å². The van der Waals surface area contributed by atoms with Crippen LogP contribution in [0.4, 0.5) is 0 Å². The molecule has 0 aliphatic carbocycles. The maximum absolute atomic E-state index is 10.6. The average Bonchev–Trinajstić information content (AvgIpc) is 2.69. The number of rotatable bonds is 4. The SMILES string of the molecule is COCCn1ncc(Cl)c1C1(O)CCOCC1. The zero-order valence-electron chi connectivity index (χ0n) is 9.86. The Balaban J connectivity index is 2.25. The third-order valence-corrected chi connectivity index (χ3v) is 3.34. The van der Waals surface area contributed by atoms with Crippen LogP contribution in [0.15, 0.2) is 6.20 Å². The van der Waals surface area contributed by atoms with Crippen LogP contribution in [-0.2, 0) is 21.6 Å². The van der Waals surface area contributed by atoms with Gasteiger partial charge in [-0.15, -0.1) is 0 Å². The van der Waals surface area contributed by atoms with Crippen LogP contribution in [0.2, 0.25) is 5.02 Å². The molecule has 5 nitrogen and oxygen atoms in total. The van der Waals surface area contributed by atoms with Crippen molar-refractivity contribution >= 4 is 11.6 Å². The number of ether oxygens (including phenoxy) is 2. The molecule has 0 aromatic carbocycles. The summed E-state index contributed by atoms with van der Waals surface area (Å²) in [6, 6.07) is 0. The summed E-state index contributed by atoms with van der Waals surface area (Å²) < 4.78 is 12.0. The number of methoxy groups -OCH3 is 1. The van der Waals surface area contributed by atoms with Crippen molar-refractivity contribution in [1.82, 2.24) is 9.78 Å². The molecule has 1 aliphatic rings. The molecule has 6 heteroatoms. The third kappa shape index (κ3) is 2.63. The van der Waals surface area contributed by atoms with E-state index in [1.807, 2.05) is 0 Å². The summed E-state index contributed by atoms with van der Waals surface area (Å²) in [5.41, 5.74) is -0.251.